The quantitative estimate of drug-likeness (QED) is 0.567. The van der Waals surface area contributed by atoms with E-state index in [-0.39, 0.29) is 5.92 Å². The van der Waals surface area contributed by atoms with Crippen molar-refractivity contribution in [1.29, 1.82) is 0 Å². The van der Waals surface area contributed by atoms with Gasteiger partial charge < -0.3 is 0 Å². The highest BCUT2D eigenvalue weighted by atomic mass is 35.5. The Morgan fingerprint density at radius 2 is 1.87 bits per heavy atom. The van der Waals surface area contributed by atoms with Crippen LogP contribution in [0, 0.1) is 17.8 Å². The van der Waals surface area contributed by atoms with Gasteiger partial charge in [-0.2, -0.15) is 0 Å². The molecule has 2 aliphatic carbocycles. The Bertz CT molecular complexity index is 335. The van der Waals surface area contributed by atoms with E-state index in [0.29, 0.717) is 17.4 Å². The van der Waals surface area contributed by atoms with E-state index in [2.05, 4.69) is 0 Å². The molecule has 2 fully saturated rings. The van der Waals surface area contributed by atoms with Crippen molar-refractivity contribution >= 4 is 33.7 Å². The standard InChI is InChI=1S/C11H12Cl2O2/c12-10(14)5-9(11(13)15)8-4-6-1-2-7(8)3-6/h5-8H,1-4H2/b9-5+. The largest absolute Gasteiger partial charge is 0.276 e. The van der Waals surface area contributed by atoms with Crippen molar-refractivity contribution in [3.63, 3.8) is 0 Å². The van der Waals surface area contributed by atoms with Crippen LogP contribution in [0.15, 0.2) is 11.6 Å². The highest BCUT2D eigenvalue weighted by Gasteiger charge is 2.42. The molecule has 0 heterocycles. The van der Waals surface area contributed by atoms with E-state index in [1.807, 2.05) is 0 Å². The molecule has 4 heteroatoms. The number of hydrogen-bond donors (Lipinski definition) is 0. The van der Waals surface area contributed by atoms with Gasteiger partial charge >= 0.3 is 0 Å². The molecule has 3 atom stereocenters. The highest BCUT2D eigenvalue weighted by Crippen LogP contribution is 2.51. The lowest BCUT2D eigenvalue weighted by Gasteiger charge is -2.22. The second-order valence-corrected chi connectivity index (χ2v) is 5.17. The van der Waals surface area contributed by atoms with Gasteiger partial charge in [0.05, 0.1) is 0 Å². The zero-order valence-electron chi connectivity index (χ0n) is 8.21. The van der Waals surface area contributed by atoms with Crippen molar-refractivity contribution in [3.8, 4) is 0 Å². The third kappa shape index (κ3) is 2.26. The number of carbonyl (C=O) groups is 2. The fourth-order valence-electron chi connectivity index (χ4n) is 3.06. The number of fused-ring (bicyclic) bond motifs is 2. The first kappa shape index (κ1) is 11.2. The summed E-state index contributed by atoms with van der Waals surface area (Å²) in [4.78, 5) is 22.0. The Balaban J connectivity index is 2.19. The van der Waals surface area contributed by atoms with Gasteiger partial charge in [-0.05, 0) is 60.2 Å². The molecule has 3 unspecified atom stereocenters. The fraction of sp³-hybridized carbons (Fsp3) is 0.636. The van der Waals surface area contributed by atoms with Crippen molar-refractivity contribution in [2.45, 2.75) is 25.7 Å². The van der Waals surface area contributed by atoms with Gasteiger partial charge in [0.25, 0.3) is 0 Å². The highest BCUT2D eigenvalue weighted by molar-refractivity contribution is 6.70. The lowest BCUT2D eigenvalue weighted by atomic mass is 9.83. The molecular formula is C11H12Cl2O2. The van der Waals surface area contributed by atoms with E-state index in [9.17, 15) is 9.59 Å². The molecule has 2 saturated carbocycles. The van der Waals surface area contributed by atoms with Crippen molar-refractivity contribution in [1.82, 2.24) is 0 Å². The van der Waals surface area contributed by atoms with E-state index < -0.39 is 10.5 Å². The van der Waals surface area contributed by atoms with Gasteiger partial charge in [-0.1, -0.05) is 6.42 Å². The van der Waals surface area contributed by atoms with Crippen molar-refractivity contribution in [2.24, 2.45) is 17.8 Å². The summed E-state index contributed by atoms with van der Waals surface area (Å²) in [5, 5.41) is -1.14. The van der Waals surface area contributed by atoms with Crippen molar-refractivity contribution < 1.29 is 9.59 Å². The summed E-state index contributed by atoms with van der Waals surface area (Å²) in [5.74, 6) is 1.40. The van der Waals surface area contributed by atoms with Crippen LogP contribution < -0.4 is 0 Å². The van der Waals surface area contributed by atoms with Crippen LogP contribution in [0.4, 0.5) is 0 Å². The van der Waals surface area contributed by atoms with Crippen LogP contribution in [0.5, 0.6) is 0 Å². The van der Waals surface area contributed by atoms with Gasteiger partial charge in [-0.3, -0.25) is 9.59 Å². The van der Waals surface area contributed by atoms with Gasteiger partial charge in [0, 0.05) is 11.6 Å². The molecule has 2 bridgehead atoms. The Labute approximate surface area is 98.6 Å². The molecule has 0 radical (unpaired) electrons. The number of halogens is 2. The molecule has 82 valence electrons. The Morgan fingerprint density at radius 1 is 1.13 bits per heavy atom. The first-order valence-electron chi connectivity index (χ1n) is 5.19. The number of hydrogen-bond acceptors (Lipinski definition) is 2. The summed E-state index contributed by atoms with van der Waals surface area (Å²) in [7, 11) is 0. The molecule has 0 N–H and O–H groups in total. The molecule has 0 saturated heterocycles. The van der Waals surface area contributed by atoms with Crippen LogP contribution in [-0.2, 0) is 9.59 Å². The van der Waals surface area contributed by atoms with Gasteiger partial charge in [-0.25, -0.2) is 0 Å². The van der Waals surface area contributed by atoms with Gasteiger partial charge in [0.15, 0.2) is 0 Å². The maximum absolute atomic E-state index is 11.2. The first-order chi connectivity index (χ1) is 7.08. The molecule has 0 aromatic rings. The zero-order chi connectivity index (χ0) is 11.0. The third-order valence-electron chi connectivity index (χ3n) is 3.63. The summed E-state index contributed by atoms with van der Waals surface area (Å²) in [5.41, 5.74) is 0.420. The monoisotopic (exact) mass is 246 g/mol. The molecule has 0 aromatic carbocycles. The fourth-order valence-corrected chi connectivity index (χ4v) is 3.37. The minimum absolute atomic E-state index is 0.163. The summed E-state index contributed by atoms with van der Waals surface area (Å²) in [6.07, 6.45) is 5.75. The van der Waals surface area contributed by atoms with Crippen molar-refractivity contribution in [3.05, 3.63) is 11.6 Å². The summed E-state index contributed by atoms with van der Waals surface area (Å²) < 4.78 is 0. The molecular weight excluding hydrogens is 235 g/mol. The number of carbonyl (C=O) groups excluding carboxylic acids is 2. The zero-order valence-corrected chi connectivity index (χ0v) is 9.72. The Hall–Kier alpha value is -0.340. The third-order valence-corrected chi connectivity index (χ3v) is 3.96. The van der Waals surface area contributed by atoms with Crippen LogP contribution in [0.2, 0.25) is 0 Å². The maximum Gasteiger partial charge on any atom is 0.248 e. The summed E-state index contributed by atoms with van der Waals surface area (Å²) >= 11 is 10.8. The molecule has 0 aliphatic heterocycles. The van der Waals surface area contributed by atoms with Gasteiger partial charge in [0.1, 0.15) is 0 Å². The average Bonchev–Trinajstić information content (AvgIpc) is 2.73. The van der Waals surface area contributed by atoms with E-state index in [1.54, 1.807) is 0 Å². The number of rotatable bonds is 3. The van der Waals surface area contributed by atoms with Gasteiger partial charge in [0.2, 0.25) is 10.5 Å². The molecule has 0 spiro atoms. The Kier molecular flexibility index (Phi) is 3.17. The van der Waals surface area contributed by atoms with E-state index in [1.165, 1.54) is 18.9 Å². The average molecular weight is 247 g/mol. The van der Waals surface area contributed by atoms with Gasteiger partial charge in [-0.15, -0.1) is 0 Å². The molecule has 2 aliphatic rings. The molecule has 15 heavy (non-hydrogen) atoms. The lowest BCUT2D eigenvalue weighted by Crippen LogP contribution is -2.17. The molecule has 2 rings (SSSR count). The van der Waals surface area contributed by atoms with Crippen LogP contribution in [0.1, 0.15) is 25.7 Å². The second-order valence-electron chi connectivity index (χ2n) is 4.46. The van der Waals surface area contributed by atoms with E-state index in [0.717, 1.165) is 12.8 Å². The van der Waals surface area contributed by atoms with Crippen LogP contribution in [0.25, 0.3) is 0 Å². The SMILES string of the molecule is O=C(Cl)/C=C(/C(=O)Cl)C1CC2CCC1C2. The summed E-state index contributed by atoms with van der Waals surface area (Å²) in [6.45, 7) is 0. The van der Waals surface area contributed by atoms with E-state index >= 15 is 0 Å². The van der Waals surface area contributed by atoms with Crippen LogP contribution in [-0.4, -0.2) is 10.5 Å². The van der Waals surface area contributed by atoms with Crippen molar-refractivity contribution in [2.75, 3.05) is 0 Å². The molecule has 2 nitrogen and oxygen atoms in total. The number of allylic oxidation sites excluding steroid dienone is 2. The normalized spacial score (nSPS) is 34.5. The predicted octanol–water partition coefficient (Wildman–Crippen LogP) is 2.88. The summed E-state index contributed by atoms with van der Waals surface area (Å²) in [6, 6.07) is 0. The lowest BCUT2D eigenvalue weighted by molar-refractivity contribution is -0.110. The van der Waals surface area contributed by atoms with Crippen LogP contribution >= 0.6 is 23.2 Å². The second kappa shape index (κ2) is 4.26. The Morgan fingerprint density at radius 3 is 2.27 bits per heavy atom. The minimum atomic E-state index is -0.609. The molecule has 0 aromatic heterocycles. The minimum Gasteiger partial charge on any atom is -0.276 e. The molecule has 0 amide bonds. The van der Waals surface area contributed by atoms with Crippen LogP contribution in [0.3, 0.4) is 0 Å². The maximum atomic E-state index is 11.2. The smallest absolute Gasteiger partial charge is 0.248 e. The first-order valence-corrected chi connectivity index (χ1v) is 5.94. The topological polar surface area (TPSA) is 34.1 Å². The predicted molar refractivity (Wildman–Crippen MR) is 58.7 cm³/mol. The van der Waals surface area contributed by atoms with E-state index in [4.69, 9.17) is 23.2 Å².